The number of hydrogen-bond donors (Lipinski definition) is 1. The third kappa shape index (κ3) is 1.98. The van der Waals surface area contributed by atoms with Crippen molar-refractivity contribution in [2.24, 2.45) is 10.7 Å². The highest BCUT2D eigenvalue weighted by Crippen LogP contribution is 2.05. The Morgan fingerprint density at radius 3 is 3.11 bits per heavy atom. The Morgan fingerprint density at radius 1 is 1.67 bits per heavy atom. The van der Waals surface area contributed by atoms with Crippen LogP contribution < -0.4 is 5.73 Å². The fraction of sp³-hybridized carbons (Fsp3) is 0.571. The van der Waals surface area contributed by atoms with Gasteiger partial charge in [-0.15, -0.1) is 0 Å². The van der Waals surface area contributed by atoms with Gasteiger partial charge in [-0.1, -0.05) is 6.08 Å². The summed E-state index contributed by atoms with van der Waals surface area (Å²) in [5.41, 5.74) is 6.68. The number of aliphatic imine (C=N–C) groups is 1. The van der Waals surface area contributed by atoms with Crippen molar-refractivity contribution < 1.29 is 0 Å². The van der Waals surface area contributed by atoms with E-state index in [2.05, 4.69) is 11.1 Å². The van der Waals surface area contributed by atoms with Gasteiger partial charge in [0.2, 0.25) is 0 Å². The average Bonchev–Trinajstić information content (AvgIpc) is 2.34. The first-order valence-electron chi connectivity index (χ1n) is 3.32. The molecule has 0 radical (unpaired) electrons. The van der Waals surface area contributed by atoms with Gasteiger partial charge >= 0.3 is 0 Å². The molecule has 0 spiro atoms. The van der Waals surface area contributed by atoms with Crippen LogP contribution in [0.4, 0.5) is 0 Å². The van der Waals surface area contributed by atoms with Gasteiger partial charge in [0.05, 0.1) is 6.54 Å². The molecule has 50 valence electrons. The van der Waals surface area contributed by atoms with Crippen molar-refractivity contribution in [2.75, 3.05) is 13.1 Å². The predicted molar refractivity (Wildman–Crippen MR) is 39.7 cm³/mol. The second-order valence-electron chi connectivity index (χ2n) is 2.17. The predicted octanol–water partition coefficient (Wildman–Crippen LogP) is 0.736. The Kier molecular flexibility index (Phi) is 2.46. The van der Waals surface area contributed by atoms with Crippen LogP contribution in [0.1, 0.15) is 12.8 Å². The normalized spacial score (nSPS) is 16.3. The van der Waals surface area contributed by atoms with E-state index in [-0.39, 0.29) is 0 Å². The van der Waals surface area contributed by atoms with Crippen molar-refractivity contribution in [3.63, 3.8) is 0 Å². The maximum atomic E-state index is 5.33. The number of hydrogen-bond acceptors (Lipinski definition) is 2. The number of nitrogens with two attached hydrogens (primary N) is 1. The minimum absolute atomic E-state index is 0.783. The largest absolute Gasteiger partial charge is 0.330 e. The van der Waals surface area contributed by atoms with E-state index in [1.165, 1.54) is 5.57 Å². The Balaban J connectivity index is 2.19. The molecule has 0 aromatic rings. The summed E-state index contributed by atoms with van der Waals surface area (Å²) in [4.78, 5) is 4.06. The zero-order valence-electron chi connectivity index (χ0n) is 5.51. The van der Waals surface area contributed by atoms with E-state index in [9.17, 15) is 0 Å². The molecule has 0 bridgehead atoms. The second-order valence-corrected chi connectivity index (χ2v) is 2.17. The Bertz CT molecular complexity index is 136. The van der Waals surface area contributed by atoms with Crippen molar-refractivity contribution in [3.8, 4) is 0 Å². The van der Waals surface area contributed by atoms with Crippen LogP contribution in [0.25, 0.3) is 0 Å². The van der Waals surface area contributed by atoms with Gasteiger partial charge in [0.25, 0.3) is 0 Å². The van der Waals surface area contributed by atoms with Crippen molar-refractivity contribution in [2.45, 2.75) is 12.8 Å². The molecule has 2 nitrogen and oxygen atoms in total. The topological polar surface area (TPSA) is 38.4 Å². The molecule has 9 heavy (non-hydrogen) atoms. The first kappa shape index (κ1) is 6.49. The quantitative estimate of drug-likeness (QED) is 0.592. The molecule has 0 amide bonds. The first-order valence-corrected chi connectivity index (χ1v) is 3.32. The summed E-state index contributed by atoms with van der Waals surface area (Å²) in [5, 5.41) is 0. The van der Waals surface area contributed by atoms with Gasteiger partial charge < -0.3 is 5.73 Å². The molecule has 1 rings (SSSR count). The zero-order chi connectivity index (χ0) is 6.53. The van der Waals surface area contributed by atoms with E-state index in [0.29, 0.717) is 0 Å². The molecule has 0 aromatic carbocycles. The highest BCUT2D eigenvalue weighted by atomic mass is 14.7. The van der Waals surface area contributed by atoms with Crippen LogP contribution in [0.5, 0.6) is 0 Å². The third-order valence-electron chi connectivity index (χ3n) is 1.39. The van der Waals surface area contributed by atoms with E-state index in [1.54, 1.807) is 0 Å². The van der Waals surface area contributed by atoms with Crippen LogP contribution in [-0.4, -0.2) is 19.3 Å². The minimum Gasteiger partial charge on any atom is -0.330 e. The smallest absolute Gasteiger partial charge is 0.0576 e. The van der Waals surface area contributed by atoms with E-state index < -0.39 is 0 Å². The van der Waals surface area contributed by atoms with Crippen molar-refractivity contribution in [1.29, 1.82) is 0 Å². The molecule has 1 aliphatic heterocycles. The second kappa shape index (κ2) is 3.41. The Hall–Kier alpha value is -0.630. The molecule has 1 heterocycles. The summed E-state index contributed by atoms with van der Waals surface area (Å²) < 4.78 is 0. The molecule has 1 aliphatic rings. The lowest BCUT2D eigenvalue weighted by atomic mass is 10.1. The lowest BCUT2D eigenvalue weighted by Gasteiger charge is -1.92. The van der Waals surface area contributed by atoms with Gasteiger partial charge in [-0.05, 0) is 25.0 Å². The lowest BCUT2D eigenvalue weighted by molar-refractivity contribution is 0.844. The van der Waals surface area contributed by atoms with Crippen LogP contribution in [-0.2, 0) is 0 Å². The van der Waals surface area contributed by atoms with Crippen molar-refractivity contribution >= 4 is 6.21 Å². The van der Waals surface area contributed by atoms with E-state index in [0.717, 1.165) is 25.9 Å². The molecule has 0 atom stereocenters. The van der Waals surface area contributed by atoms with Gasteiger partial charge in [-0.25, -0.2) is 0 Å². The number of rotatable bonds is 3. The molecule has 0 fully saturated rings. The summed E-state index contributed by atoms with van der Waals surface area (Å²) in [5.74, 6) is 0. The Labute approximate surface area is 55.5 Å². The molecular formula is C7H12N2. The van der Waals surface area contributed by atoms with E-state index in [4.69, 9.17) is 5.73 Å². The lowest BCUT2D eigenvalue weighted by Crippen LogP contribution is -1.98. The summed E-state index contributed by atoms with van der Waals surface area (Å²) in [6.45, 7) is 1.66. The first-order chi connectivity index (χ1) is 4.43. The molecule has 2 heteroatoms. The van der Waals surface area contributed by atoms with Gasteiger partial charge in [0, 0.05) is 6.21 Å². The van der Waals surface area contributed by atoms with Crippen molar-refractivity contribution in [1.82, 2.24) is 0 Å². The molecule has 0 aromatic heterocycles. The molecule has 0 saturated heterocycles. The SMILES string of the molecule is NCCCC1=CCN=C1. The van der Waals surface area contributed by atoms with Gasteiger partial charge in [-0.2, -0.15) is 0 Å². The van der Waals surface area contributed by atoms with E-state index >= 15 is 0 Å². The van der Waals surface area contributed by atoms with Gasteiger partial charge in [0.1, 0.15) is 0 Å². The summed E-state index contributed by atoms with van der Waals surface area (Å²) in [6, 6.07) is 0. The number of allylic oxidation sites excluding steroid dienone is 1. The molecular weight excluding hydrogens is 112 g/mol. The molecule has 2 N–H and O–H groups in total. The monoisotopic (exact) mass is 124 g/mol. The minimum atomic E-state index is 0.783. The fourth-order valence-electron chi connectivity index (χ4n) is 0.865. The average molecular weight is 124 g/mol. The van der Waals surface area contributed by atoms with Gasteiger partial charge in [0.15, 0.2) is 0 Å². The maximum Gasteiger partial charge on any atom is 0.0576 e. The van der Waals surface area contributed by atoms with Crippen molar-refractivity contribution in [3.05, 3.63) is 11.6 Å². The standard InChI is InChI=1S/C7H12N2/c8-4-1-2-7-3-5-9-6-7/h3,6H,1-2,4-5,8H2. The molecule has 0 saturated carbocycles. The van der Waals surface area contributed by atoms with Gasteiger partial charge in [-0.3, -0.25) is 4.99 Å². The summed E-state index contributed by atoms with van der Waals surface area (Å²) in [7, 11) is 0. The maximum absolute atomic E-state index is 5.33. The van der Waals surface area contributed by atoms with Crippen LogP contribution in [0.3, 0.4) is 0 Å². The van der Waals surface area contributed by atoms with Crippen LogP contribution in [0.15, 0.2) is 16.6 Å². The number of nitrogens with zero attached hydrogens (tertiary/aromatic N) is 1. The third-order valence-corrected chi connectivity index (χ3v) is 1.39. The highest BCUT2D eigenvalue weighted by Gasteiger charge is 1.95. The summed E-state index contributed by atoms with van der Waals surface area (Å²) in [6.07, 6.45) is 6.27. The highest BCUT2D eigenvalue weighted by molar-refractivity contribution is 5.80. The zero-order valence-corrected chi connectivity index (χ0v) is 5.51. The summed E-state index contributed by atoms with van der Waals surface area (Å²) >= 11 is 0. The van der Waals surface area contributed by atoms with Crippen LogP contribution in [0.2, 0.25) is 0 Å². The molecule has 0 unspecified atom stereocenters. The fourth-order valence-corrected chi connectivity index (χ4v) is 0.865. The Morgan fingerprint density at radius 2 is 2.56 bits per heavy atom. The van der Waals surface area contributed by atoms with Crippen LogP contribution >= 0.6 is 0 Å². The van der Waals surface area contributed by atoms with E-state index in [1.807, 2.05) is 6.21 Å². The molecule has 0 aliphatic carbocycles. The van der Waals surface area contributed by atoms with Crippen LogP contribution in [0, 0.1) is 0 Å².